The van der Waals surface area contributed by atoms with Crippen LogP contribution >= 0.6 is 0 Å². The molecule has 0 saturated heterocycles. The fourth-order valence-electron chi connectivity index (χ4n) is 1.70. The van der Waals surface area contributed by atoms with E-state index < -0.39 is 0 Å². The van der Waals surface area contributed by atoms with Crippen LogP contribution in [0.4, 0.5) is 0 Å². The molecule has 0 aliphatic carbocycles. The summed E-state index contributed by atoms with van der Waals surface area (Å²) in [5.41, 5.74) is 8.44. The molecular formula is C13H20N2. The van der Waals surface area contributed by atoms with Gasteiger partial charge < -0.3 is 5.73 Å². The zero-order chi connectivity index (χ0) is 11.1. The van der Waals surface area contributed by atoms with Crippen molar-refractivity contribution in [3.05, 3.63) is 42.2 Å². The highest BCUT2D eigenvalue weighted by atomic mass is 14.8. The quantitative estimate of drug-likeness (QED) is 0.571. The zero-order valence-corrected chi connectivity index (χ0v) is 9.45. The topological polar surface area (TPSA) is 38.9 Å². The summed E-state index contributed by atoms with van der Waals surface area (Å²) in [6.45, 7) is 5.84. The fraction of sp³-hybridized carbons (Fsp3) is 0.462. The van der Waals surface area contributed by atoms with Crippen molar-refractivity contribution in [2.75, 3.05) is 0 Å². The lowest BCUT2D eigenvalue weighted by atomic mass is 10.0. The number of hydrogen-bond donors (Lipinski definition) is 1. The molecule has 0 amide bonds. The molecule has 1 aromatic rings. The van der Waals surface area contributed by atoms with E-state index in [9.17, 15) is 0 Å². The van der Waals surface area contributed by atoms with Gasteiger partial charge in [0.05, 0.1) is 5.69 Å². The number of rotatable bonds is 6. The highest BCUT2D eigenvalue weighted by molar-refractivity contribution is 5.22. The molecule has 0 saturated carbocycles. The Bertz CT molecular complexity index is 307. The van der Waals surface area contributed by atoms with Gasteiger partial charge in [0.25, 0.3) is 0 Å². The van der Waals surface area contributed by atoms with Gasteiger partial charge in [0, 0.05) is 12.2 Å². The molecular weight excluding hydrogens is 184 g/mol. The van der Waals surface area contributed by atoms with Crippen LogP contribution < -0.4 is 5.73 Å². The first kappa shape index (κ1) is 11.9. The Morgan fingerprint density at radius 2 is 2.40 bits per heavy atom. The summed E-state index contributed by atoms with van der Waals surface area (Å²) < 4.78 is 0. The first-order valence-corrected chi connectivity index (χ1v) is 5.59. The molecule has 0 spiro atoms. The first-order valence-electron chi connectivity index (χ1n) is 5.59. The highest BCUT2D eigenvalue weighted by Crippen LogP contribution is 2.18. The molecule has 1 atom stereocenters. The van der Waals surface area contributed by atoms with Gasteiger partial charge in [0.2, 0.25) is 0 Å². The van der Waals surface area contributed by atoms with Crippen molar-refractivity contribution < 1.29 is 0 Å². The van der Waals surface area contributed by atoms with Gasteiger partial charge in [-0.3, -0.25) is 4.98 Å². The van der Waals surface area contributed by atoms with E-state index >= 15 is 0 Å². The molecule has 2 N–H and O–H groups in total. The van der Waals surface area contributed by atoms with Crippen LogP contribution in [0.1, 0.15) is 43.5 Å². The Labute approximate surface area is 92.2 Å². The maximum Gasteiger partial charge on any atom is 0.0602 e. The molecule has 1 rings (SSSR count). The van der Waals surface area contributed by atoms with E-state index in [0.717, 1.165) is 31.4 Å². The van der Waals surface area contributed by atoms with Crippen LogP contribution in [0.2, 0.25) is 0 Å². The Morgan fingerprint density at radius 3 is 3.07 bits per heavy atom. The molecule has 0 aliphatic heterocycles. The van der Waals surface area contributed by atoms with Crippen molar-refractivity contribution in [1.82, 2.24) is 4.98 Å². The molecule has 15 heavy (non-hydrogen) atoms. The smallest absolute Gasteiger partial charge is 0.0602 e. The van der Waals surface area contributed by atoms with Crippen LogP contribution in [0.15, 0.2) is 31.0 Å². The van der Waals surface area contributed by atoms with Crippen molar-refractivity contribution >= 4 is 0 Å². The monoisotopic (exact) mass is 204 g/mol. The SMILES string of the molecule is C=CCCCC(N)c1ncccc1CC. The molecule has 0 aromatic carbocycles. The van der Waals surface area contributed by atoms with E-state index in [1.165, 1.54) is 5.56 Å². The number of aromatic nitrogens is 1. The number of allylic oxidation sites excluding steroid dienone is 1. The van der Waals surface area contributed by atoms with Gasteiger partial charge in [-0.15, -0.1) is 6.58 Å². The summed E-state index contributed by atoms with van der Waals surface area (Å²) in [5.74, 6) is 0. The average Bonchev–Trinajstić information content (AvgIpc) is 2.29. The molecule has 0 aliphatic rings. The normalized spacial score (nSPS) is 12.4. The van der Waals surface area contributed by atoms with Gasteiger partial charge in [-0.25, -0.2) is 0 Å². The molecule has 2 heteroatoms. The molecule has 0 fully saturated rings. The van der Waals surface area contributed by atoms with Crippen molar-refractivity contribution in [3.63, 3.8) is 0 Å². The molecule has 1 aromatic heterocycles. The summed E-state index contributed by atoms with van der Waals surface area (Å²) in [5, 5.41) is 0. The predicted octanol–water partition coefficient (Wildman–Crippen LogP) is 3.00. The third-order valence-electron chi connectivity index (χ3n) is 2.58. The second-order valence-corrected chi connectivity index (χ2v) is 3.73. The molecule has 1 heterocycles. The highest BCUT2D eigenvalue weighted by Gasteiger charge is 2.10. The number of nitrogens with two attached hydrogens (primary N) is 1. The van der Waals surface area contributed by atoms with Crippen LogP contribution in [0.3, 0.4) is 0 Å². The minimum atomic E-state index is 0.0705. The van der Waals surface area contributed by atoms with E-state index in [1.54, 1.807) is 0 Å². The number of pyridine rings is 1. The fourth-order valence-corrected chi connectivity index (χ4v) is 1.70. The Kier molecular flexibility index (Phi) is 5.05. The van der Waals surface area contributed by atoms with E-state index in [1.807, 2.05) is 18.3 Å². The summed E-state index contributed by atoms with van der Waals surface area (Å²) in [7, 11) is 0. The molecule has 2 nitrogen and oxygen atoms in total. The van der Waals surface area contributed by atoms with Crippen molar-refractivity contribution in [2.45, 2.75) is 38.6 Å². The zero-order valence-electron chi connectivity index (χ0n) is 9.45. The number of unbranched alkanes of at least 4 members (excludes halogenated alkanes) is 1. The second-order valence-electron chi connectivity index (χ2n) is 3.73. The summed E-state index contributed by atoms with van der Waals surface area (Å²) >= 11 is 0. The van der Waals surface area contributed by atoms with Gasteiger partial charge in [-0.2, -0.15) is 0 Å². The van der Waals surface area contributed by atoms with Crippen molar-refractivity contribution in [2.24, 2.45) is 5.73 Å². The van der Waals surface area contributed by atoms with E-state index in [2.05, 4.69) is 24.6 Å². The molecule has 82 valence electrons. The number of aryl methyl sites for hydroxylation is 1. The van der Waals surface area contributed by atoms with Crippen LogP contribution in [-0.4, -0.2) is 4.98 Å². The lowest BCUT2D eigenvalue weighted by Crippen LogP contribution is -2.14. The maximum atomic E-state index is 6.12. The van der Waals surface area contributed by atoms with Crippen LogP contribution in [0.5, 0.6) is 0 Å². The Hall–Kier alpha value is -1.15. The van der Waals surface area contributed by atoms with Crippen molar-refractivity contribution in [3.8, 4) is 0 Å². The standard InChI is InChI=1S/C13H20N2/c1-3-5-6-9-12(14)13-11(4-2)8-7-10-15-13/h3,7-8,10,12H,1,4-6,9,14H2,2H3. The molecule has 1 unspecified atom stereocenters. The number of hydrogen-bond acceptors (Lipinski definition) is 2. The predicted molar refractivity (Wildman–Crippen MR) is 64.6 cm³/mol. The third-order valence-corrected chi connectivity index (χ3v) is 2.58. The van der Waals surface area contributed by atoms with Gasteiger partial charge in [-0.1, -0.05) is 19.1 Å². The summed E-state index contributed by atoms with van der Waals surface area (Å²) in [4.78, 5) is 4.38. The largest absolute Gasteiger partial charge is 0.323 e. The van der Waals surface area contributed by atoms with Gasteiger partial charge in [0.1, 0.15) is 0 Å². The average molecular weight is 204 g/mol. The van der Waals surface area contributed by atoms with Crippen molar-refractivity contribution in [1.29, 1.82) is 0 Å². The maximum absolute atomic E-state index is 6.12. The van der Waals surface area contributed by atoms with Crippen LogP contribution in [0.25, 0.3) is 0 Å². The number of nitrogens with zero attached hydrogens (tertiary/aromatic N) is 1. The van der Waals surface area contributed by atoms with E-state index in [0.29, 0.717) is 0 Å². The molecule has 0 radical (unpaired) electrons. The summed E-state index contributed by atoms with van der Waals surface area (Å²) in [6.07, 6.45) is 7.86. The lowest BCUT2D eigenvalue weighted by Gasteiger charge is -2.13. The Balaban J connectivity index is 2.63. The van der Waals surface area contributed by atoms with Crippen LogP contribution in [-0.2, 0) is 6.42 Å². The minimum absolute atomic E-state index is 0.0705. The summed E-state index contributed by atoms with van der Waals surface area (Å²) in [6, 6.07) is 4.15. The van der Waals surface area contributed by atoms with Gasteiger partial charge in [0.15, 0.2) is 0 Å². The van der Waals surface area contributed by atoms with Crippen LogP contribution in [0, 0.1) is 0 Å². The minimum Gasteiger partial charge on any atom is -0.323 e. The second kappa shape index (κ2) is 6.36. The third kappa shape index (κ3) is 3.48. The molecule has 0 bridgehead atoms. The lowest BCUT2D eigenvalue weighted by molar-refractivity contribution is 0.597. The van der Waals surface area contributed by atoms with E-state index in [-0.39, 0.29) is 6.04 Å². The van der Waals surface area contributed by atoms with Gasteiger partial charge in [-0.05, 0) is 37.3 Å². The first-order chi connectivity index (χ1) is 7.29. The Morgan fingerprint density at radius 1 is 1.60 bits per heavy atom. The van der Waals surface area contributed by atoms with Gasteiger partial charge >= 0.3 is 0 Å². The van der Waals surface area contributed by atoms with E-state index in [4.69, 9.17) is 5.73 Å².